The van der Waals surface area contributed by atoms with Crippen LogP contribution in [-0.4, -0.2) is 42.1 Å². The highest BCUT2D eigenvalue weighted by Gasteiger charge is 2.40. The number of amides is 1. The first kappa shape index (κ1) is 18.6. The number of aryl methyl sites for hydroxylation is 2. The second kappa shape index (κ2) is 8.45. The third kappa shape index (κ3) is 4.50. The lowest BCUT2D eigenvalue weighted by molar-refractivity contribution is 0.0465. The monoisotopic (exact) mass is 352 g/mol. The molecule has 1 amide bonds. The molecule has 26 heavy (non-hydrogen) atoms. The van der Waals surface area contributed by atoms with Crippen molar-refractivity contribution in [3.8, 4) is 0 Å². The third-order valence-electron chi connectivity index (χ3n) is 5.28. The van der Waals surface area contributed by atoms with Crippen LogP contribution in [0.25, 0.3) is 0 Å². The Labute approximate surface area is 156 Å². The highest BCUT2D eigenvalue weighted by atomic mass is 16.5. The number of aromatic nitrogens is 1. The molecule has 138 valence electrons. The zero-order valence-electron chi connectivity index (χ0n) is 15.8. The van der Waals surface area contributed by atoms with Gasteiger partial charge < -0.3 is 9.64 Å². The molecular formula is C22H28N2O2. The van der Waals surface area contributed by atoms with Crippen molar-refractivity contribution in [2.75, 3.05) is 26.3 Å². The second-order valence-electron chi connectivity index (χ2n) is 7.29. The number of benzene rings is 1. The van der Waals surface area contributed by atoms with E-state index >= 15 is 0 Å². The van der Waals surface area contributed by atoms with Crippen molar-refractivity contribution in [3.05, 3.63) is 65.5 Å². The predicted octanol–water partition coefficient (Wildman–Crippen LogP) is 3.89. The molecule has 1 aliphatic heterocycles. The fourth-order valence-corrected chi connectivity index (χ4v) is 3.65. The highest BCUT2D eigenvalue weighted by Crippen LogP contribution is 2.36. The molecule has 1 aromatic heterocycles. The van der Waals surface area contributed by atoms with Crippen molar-refractivity contribution >= 4 is 5.91 Å². The van der Waals surface area contributed by atoms with Crippen molar-refractivity contribution in [2.45, 2.75) is 33.1 Å². The second-order valence-corrected chi connectivity index (χ2v) is 7.29. The topological polar surface area (TPSA) is 42.4 Å². The van der Waals surface area contributed by atoms with E-state index in [9.17, 15) is 4.79 Å². The zero-order valence-corrected chi connectivity index (χ0v) is 15.8. The molecule has 0 unspecified atom stereocenters. The smallest absolute Gasteiger partial charge is 0.255 e. The van der Waals surface area contributed by atoms with Gasteiger partial charge >= 0.3 is 0 Å². The van der Waals surface area contributed by atoms with Gasteiger partial charge in [-0.05, 0) is 50.8 Å². The van der Waals surface area contributed by atoms with Crippen LogP contribution >= 0.6 is 0 Å². The molecule has 4 heteroatoms. The van der Waals surface area contributed by atoms with Crippen LogP contribution in [0, 0.1) is 12.3 Å². The first-order chi connectivity index (χ1) is 12.6. The van der Waals surface area contributed by atoms with Gasteiger partial charge in [0.15, 0.2) is 0 Å². The third-order valence-corrected chi connectivity index (χ3v) is 5.28. The highest BCUT2D eigenvalue weighted by molar-refractivity contribution is 5.94. The van der Waals surface area contributed by atoms with Crippen LogP contribution in [-0.2, 0) is 11.2 Å². The molecule has 0 N–H and O–H groups in total. The number of hydrogen-bond donors (Lipinski definition) is 0. The number of nitrogens with zero attached hydrogens (tertiary/aromatic N) is 2. The predicted molar refractivity (Wildman–Crippen MR) is 103 cm³/mol. The number of likely N-dealkylation sites (tertiary alicyclic amines) is 1. The summed E-state index contributed by atoms with van der Waals surface area (Å²) in [5, 5.41) is 0. The molecule has 0 radical (unpaired) electrons. The van der Waals surface area contributed by atoms with Crippen molar-refractivity contribution in [1.82, 2.24) is 9.88 Å². The average Bonchev–Trinajstić information content (AvgIpc) is 3.10. The van der Waals surface area contributed by atoms with Crippen molar-refractivity contribution in [2.24, 2.45) is 5.41 Å². The lowest BCUT2D eigenvalue weighted by Crippen LogP contribution is -2.35. The van der Waals surface area contributed by atoms with E-state index in [4.69, 9.17) is 4.74 Å². The van der Waals surface area contributed by atoms with Gasteiger partial charge in [0.1, 0.15) is 0 Å². The van der Waals surface area contributed by atoms with Gasteiger partial charge in [-0.15, -0.1) is 0 Å². The Morgan fingerprint density at radius 2 is 2.04 bits per heavy atom. The summed E-state index contributed by atoms with van der Waals surface area (Å²) in [6, 6.07) is 14.3. The van der Waals surface area contributed by atoms with Gasteiger partial charge in [-0.25, -0.2) is 0 Å². The van der Waals surface area contributed by atoms with Crippen LogP contribution in [0.2, 0.25) is 0 Å². The molecule has 2 aromatic rings. The van der Waals surface area contributed by atoms with Crippen LogP contribution in [0.3, 0.4) is 0 Å². The van der Waals surface area contributed by atoms with Crippen LogP contribution in [0.4, 0.5) is 0 Å². The molecule has 1 aromatic carbocycles. The molecule has 0 aliphatic carbocycles. The summed E-state index contributed by atoms with van der Waals surface area (Å²) in [6.45, 7) is 6.93. The van der Waals surface area contributed by atoms with Crippen LogP contribution in [0.1, 0.15) is 41.4 Å². The molecule has 2 heterocycles. The van der Waals surface area contributed by atoms with Crippen LogP contribution in [0.15, 0.2) is 48.7 Å². The van der Waals surface area contributed by atoms with Crippen molar-refractivity contribution < 1.29 is 9.53 Å². The van der Waals surface area contributed by atoms with E-state index in [1.807, 2.05) is 36.9 Å². The Morgan fingerprint density at radius 3 is 2.73 bits per heavy atom. The molecule has 1 saturated heterocycles. The molecule has 0 spiro atoms. The largest absolute Gasteiger partial charge is 0.381 e. The van der Waals surface area contributed by atoms with Gasteiger partial charge in [-0.2, -0.15) is 0 Å². The van der Waals surface area contributed by atoms with E-state index in [1.54, 1.807) is 6.20 Å². The summed E-state index contributed by atoms with van der Waals surface area (Å²) in [7, 11) is 0. The first-order valence-corrected chi connectivity index (χ1v) is 9.45. The molecule has 0 saturated carbocycles. The summed E-state index contributed by atoms with van der Waals surface area (Å²) in [4.78, 5) is 19.1. The zero-order chi connectivity index (χ0) is 18.4. The van der Waals surface area contributed by atoms with E-state index < -0.39 is 0 Å². The normalized spacial score (nSPS) is 19.7. The van der Waals surface area contributed by atoms with Crippen molar-refractivity contribution in [3.63, 3.8) is 0 Å². The van der Waals surface area contributed by atoms with Gasteiger partial charge in [0.05, 0.1) is 12.2 Å². The number of carbonyl (C=O) groups excluding carboxylic acids is 1. The fourth-order valence-electron chi connectivity index (χ4n) is 3.65. The van der Waals surface area contributed by atoms with Gasteiger partial charge in [0.25, 0.3) is 5.91 Å². The van der Waals surface area contributed by atoms with Gasteiger partial charge in [0.2, 0.25) is 0 Å². The summed E-state index contributed by atoms with van der Waals surface area (Å²) in [6.07, 6.45) is 4.73. The number of rotatable bonds is 7. The van der Waals surface area contributed by atoms with Crippen LogP contribution < -0.4 is 0 Å². The molecular weight excluding hydrogens is 324 g/mol. The minimum absolute atomic E-state index is 0.0413. The van der Waals surface area contributed by atoms with Gasteiger partial charge in [-0.1, -0.05) is 30.3 Å². The molecule has 3 rings (SSSR count). The number of hydrogen-bond acceptors (Lipinski definition) is 3. The summed E-state index contributed by atoms with van der Waals surface area (Å²) in [5.41, 5.74) is 2.98. The van der Waals surface area contributed by atoms with Gasteiger partial charge in [-0.3, -0.25) is 9.78 Å². The fraction of sp³-hybridized carbons (Fsp3) is 0.455. The maximum Gasteiger partial charge on any atom is 0.255 e. The summed E-state index contributed by atoms with van der Waals surface area (Å²) < 4.78 is 5.81. The van der Waals surface area contributed by atoms with Crippen LogP contribution in [0.5, 0.6) is 0 Å². The van der Waals surface area contributed by atoms with E-state index in [2.05, 4.69) is 29.2 Å². The quantitative estimate of drug-likeness (QED) is 0.759. The first-order valence-electron chi connectivity index (χ1n) is 9.45. The Morgan fingerprint density at radius 1 is 1.23 bits per heavy atom. The standard InChI is InChI=1S/C22H28N2O2/c1-3-26-17-22(12-11-19-7-5-4-6-8-19)13-14-24(16-22)21(25)20-10-9-18(2)23-15-20/h4-10,15H,3,11-14,16-17H2,1-2H3/t22-/m0/s1. The Bertz CT molecular complexity index is 715. The molecule has 1 aliphatic rings. The lowest BCUT2D eigenvalue weighted by atomic mass is 9.82. The molecule has 1 fully saturated rings. The summed E-state index contributed by atoms with van der Waals surface area (Å²) in [5.74, 6) is 0.0792. The number of ether oxygens (including phenoxy) is 1. The molecule has 0 bridgehead atoms. The number of pyridine rings is 1. The SMILES string of the molecule is CCOC[C@@]1(CCc2ccccc2)CCN(C(=O)c2ccc(C)nc2)C1. The minimum Gasteiger partial charge on any atom is -0.381 e. The van der Waals surface area contributed by atoms with E-state index in [-0.39, 0.29) is 11.3 Å². The Balaban J connectivity index is 1.68. The minimum atomic E-state index is 0.0413. The average molecular weight is 352 g/mol. The number of carbonyl (C=O) groups is 1. The van der Waals surface area contributed by atoms with Gasteiger partial charge in [0, 0.05) is 37.0 Å². The van der Waals surface area contributed by atoms with Crippen molar-refractivity contribution in [1.29, 1.82) is 0 Å². The summed E-state index contributed by atoms with van der Waals surface area (Å²) >= 11 is 0. The lowest BCUT2D eigenvalue weighted by Gasteiger charge is -2.29. The Hall–Kier alpha value is -2.20. The molecule has 1 atom stereocenters. The maximum absolute atomic E-state index is 12.8. The molecule has 4 nitrogen and oxygen atoms in total. The van der Waals surface area contributed by atoms with E-state index in [1.165, 1.54) is 5.56 Å². The van der Waals surface area contributed by atoms with E-state index in [0.29, 0.717) is 18.8 Å². The Kier molecular flexibility index (Phi) is 6.04. The maximum atomic E-state index is 12.8. The van der Waals surface area contributed by atoms with E-state index in [0.717, 1.165) is 38.0 Å².